The van der Waals surface area contributed by atoms with E-state index < -0.39 is 10.0 Å². The lowest BCUT2D eigenvalue weighted by molar-refractivity contribution is 0.169. The van der Waals surface area contributed by atoms with Gasteiger partial charge in [-0.1, -0.05) is 0 Å². The second-order valence-corrected chi connectivity index (χ2v) is 10.1. The molecule has 3 aliphatic rings. The average molecular weight is 464 g/mol. The molecule has 32 heavy (non-hydrogen) atoms. The summed E-state index contributed by atoms with van der Waals surface area (Å²) >= 11 is 0. The Hall–Kier alpha value is -2.56. The minimum atomic E-state index is -3.82. The number of piperazine rings is 1. The van der Waals surface area contributed by atoms with Crippen LogP contribution < -0.4 is 19.1 Å². The summed E-state index contributed by atoms with van der Waals surface area (Å²) < 4.78 is 59.4. The number of fused-ring (bicyclic) bond motifs is 2. The molecule has 0 amide bonds. The summed E-state index contributed by atoms with van der Waals surface area (Å²) in [6.07, 6.45) is 0.586. The highest BCUT2D eigenvalue weighted by Crippen LogP contribution is 2.51. The lowest BCUT2D eigenvalue weighted by Gasteiger charge is -2.36. The zero-order valence-corrected chi connectivity index (χ0v) is 19.0. The smallest absolute Gasteiger partial charge is 0.247 e. The number of ether oxygens (including phenoxy) is 3. The van der Waals surface area contributed by atoms with Crippen molar-refractivity contribution < 1.29 is 27.0 Å². The highest BCUT2D eigenvalue weighted by Gasteiger charge is 2.41. The van der Waals surface area contributed by atoms with E-state index in [-0.39, 0.29) is 23.3 Å². The average Bonchev–Trinajstić information content (AvgIpc) is 3.27. The van der Waals surface area contributed by atoms with Crippen molar-refractivity contribution in [2.24, 2.45) is 0 Å². The molecule has 0 radical (unpaired) electrons. The molecule has 2 aromatic carbocycles. The van der Waals surface area contributed by atoms with Crippen LogP contribution in [-0.2, 0) is 23.0 Å². The molecule has 0 aromatic heterocycles. The summed E-state index contributed by atoms with van der Waals surface area (Å²) in [4.78, 5) is 4.41. The van der Waals surface area contributed by atoms with Crippen LogP contribution in [0, 0.1) is 5.82 Å². The van der Waals surface area contributed by atoms with Crippen molar-refractivity contribution in [2.75, 3.05) is 58.6 Å². The van der Waals surface area contributed by atoms with Gasteiger partial charge in [-0.25, -0.2) is 12.8 Å². The van der Waals surface area contributed by atoms with Crippen molar-refractivity contribution in [3.8, 4) is 17.2 Å². The first-order chi connectivity index (χ1) is 15.4. The Labute approximate surface area is 187 Å². The minimum absolute atomic E-state index is 0.0364. The van der Waals surface area contributed by atoms with Gasteiger partial charge >= 0.3 is 0 Å². The number of halogens is 1. The van der Waals surface area contributed by atoms with Crippen molar-refractivity contribution in [2.45, 2.75) is 17.9 Å². The lowest BCUT2D eigenvalue weighted by atomic mass is 9.97. The fourth-order valence-corrected chi connectivity index (χ4v) is 6.53. The molecular weight excluding hydrogens is 437 g/mol. The molecule has 0 N–H and O–H groups in total. The number of nitrogens with zero attached hydrogens (tertiary/aromatic N) is 3. The van der Waals surface area contributed by atoms with Gasteiger partial charge in [-0.05, 0) is 43.3 Å². The summed E-state index contributed by atoms with van der Waals surface area (Å²) in [5.41, 5.74) is 2.48. The molecule has 0 spiro atoms. The van der Waals surface area contributed by atoms with E-state index in [1.165, 1.54) is 16.4 Å². The van der Waals surface area contributed by atoms with Crippen LogP contribution in [0.3, 0.4) is 0 Å². The van der Waals surface area contributed by atoms with Gasteiger partial charge in [0.1, 0.15) is 10.7 Å². The molecule has 3 aliphatic heterocycles. The summed E-state index contributed by atoms with van der Waals surface area (Å²) in [6.45, 7) is 2.99. The molecule has 0 saturated carbocycles. The maximum absolute atomic E-state index is 13.9. The number of likely N-dealkylation sites (N-methyl/N-ethyl adjacent to an activating group) is 1. The van der Waals surface area contributed by atoms with Crippen LogP contribution >= 0.6 is 0 Å². The highest BCUT2D eigenvalue weighted by molar-refractivity contribution is 7.89. The molecule has 1 saturated heterocycles. The van der Waals surface area contributed by atoms with Gasteiger partial charge in [0.2, 0.25) is 22.6 Å². The Morgan fingerprint density at radius 2 is 1.66 bits per heavy atom. The fourth-order valence-electron chi connectivity index (χ4n) is 4.70. The van der Waals surface area contributed by atoms with Crippen LogP contribution in [0.1, 0.15) is 11.1 Å². The van der Waals surface area contributed by atoms with Crippen molar-refractivity contribution in [1.82, 2.24) is 9.21 Å². The molecule has 8 nitrogen and oxygen atoms in total. The zero-order chi connectivity index (χ0) is 22.5. The second kappa shape index (κ2) is 8.09. The van der Waals surface area contributed by atoms with Gasteiger partial charge in [0, 0.05) is 50.5 Å². The minimum Gasteiger partial charge on any atom is -0.492 e. The summed E-state index contributed by atoms with van der Waals surface area (Å²) in [7, 11) is -0.256. The normalized spacial score (nSPS) is 19.2. The fraction of sp³-hybridized carbons (Fsp3) is 0.455. The standard InChI is InChI=1S/C22H26FN3O5S/c1-24-8-7-17-18(13-24)19(29-2)20-21(31-14-30-20)22(17)32(27,28)26-11-9-25(10-12-26)16-5-3-15(23)4-6-16/h3-6H,7-14H2,1-2H3. The Morgan fingerprint density at radius 3 is 2.34 bits per heavy atom. The van der Waals surface area contributed by atoms with Crippen LogP contribution in [0.4, 0.5) is 10.1 Å². The molecule has 10 heteroatoms. The lowest BCUT2D eigenvalue weighted by Crippen LogP contribution is -2.49. The maximum atomic E-state index is 13.9. The van der Waals surface area contributed by atoms with E-state index in [9.17, 15) is 12.8 Å². The Bertz CT molecular complexity index is 1130. The number of sulfonamides is 1. The SMILES string of the molecule is COc1c2c(c(S(=O)(=O)N3CCN(c4ccc(F)cc4)CC3)c3c1OCO3)CCN(C)C2. The molecule has 3 heterocycles. The third-order valence-electron chi connectivity index (χ3n) is 6.34. The Balaban J connectivity index is 1.49. The number of methoxy groups -OCH3 is 1. The monoisotopic (exact) mass is 463 g/mol. The topological polar surface area (TPSA) is 71.6 Å². The molecule has 172 valence electrons. The van der Waals surface area contributed by atoms with Gasteiger partial charge in [0.25, 0.3) is 0 Å². The highest BCUT2D eigenvalue weighted by atomic mass is 32.2. The predicted molar refractivity (Wildman–Crippen MR) is 117 cm³/mol. The van der Waals surface area contributed by atoms with Crippen molar-refractivity contribution in [1.29, 1.82) is 0 Å². The first-order valence-electron chi connectivity index (χ1n) is 10.6. The van der Waals surface area contributed by atoms with Crippen LogP contribution in [0.15, 0.2) is 29.2 Å². The third-order valence-corrected chi connectivity index (χ3v) is 8.33. The quantitative estimate of drug-likeness (QED) is 0.687. The number of anilines is 1. The molecule has 0 atom stereocenters. The van der Waals surface area contributed by atoms with E-state index in [0.29, 0.717) is 50.6 Å². The van der Waals surface area contributed by atoms with E-state index in [1.807, 2.05) is 7.05 Å². The number of rotatable bonds is 4. The van der Waals surface area contributed by atoms with E-state index in [2.05, 4.69) is 9.80 Å². The molecular formula is C22H26FN3O5S. The first-order valence-corrected chi connectivity index (χ1v) is 12.0. The number of benzene rings is 2. The summed E-state index contributed by atoms with van der Waals surface area (Å²) in [6, 6.07) is 6.27. The molecule has 2 aromatic rings. The van der Waals surface area contributed by atoms with Crippen LogP contribution in [-0.4, -0.2) is 71.3 Å². The maximum Gasteiger partial charge on any atom is 0.247 e. The van der Waals surface area contributed by atoms with Crippen LogP contribution in [0.2, 0.25) is 0 Å². The van der Waals surface area contributed by atoms with E-state index in [1.54, 1.807) is 19.2 Å². The van der Waals surface area contributed by atoms with Gasteiger partial charge in [-0.3, -0.25) is 0 Å². The summed E-state index contributed by atoms with van der Waals surface area (Å²) in [5.74, 6) is 0.885. The van der Waals surface area contributed by atoms with Gasteiger partial charge in [0.05, 0.1) is 7.11 Å². The Kier molecular flexibility index (Phi) is 5.39. The van der Waals surface area contributed by atoms with Crippen molar-refractivity contribution >= 4 is 15.7 Å². The second-order valence-electron chi connectivity index (χ2n) is 8.24. The van der Waals surface area contributed by atoms with Gasteiger partial charge in [0.15, 0.2) is 11.5 Å². The number of hydrogen-bond donors (Lipinski definition) is 0. The Morgan fingerprint density at radius 1 is 0.969 bits per heavy atom. The molecule has 0 aliphatic carbocycles. The number of hydrogen-bond acceptors (Lipinski definition) is 7. The molecule has 0 bridgehead atoms. The van der Waals surface area contributed by atoms with Gasteiger partial charge in [-0.2, -0.15) is 4.31 Å². The largest absolute Gasteiger partial charge is 0.492 e. The van der Waals surface area contributed by atoms with Gasteiger partial charge < -0.3 is 24.0 Å². The van der Waals surface area contributed by atoms with E-state index in [0.717, 1.165) is 23.4 Å². The zero-order valence-electron chi connectivity index (χ0n) is 18.1. The van der Waals surface area contributed by atoms with Crippen molar-refractivity contribution in [3.63, 3.8) is 0 Å². The van der Waals surface area contributed by atoms with E-state index in [4.69, 9.17) is 14.2 Å². The molecule has 0 unspecified atom stereocenters. The molecule has 5 rings (SSSR count). The summed E-state index contributed by atoms with van der Waals surface area (Å²) in [5, 5.41) is 0. The predicted octanol–water partition coefficient (Wildman–Crippen LogP) is 2.06. The van der Waals surface area contributed by atoms with Crippen molar-refractivity contribution in [3.05, 3.63) is 41.2 Å². The molecule has 1 fully saturated rings. The van der Waals surface area contributed by atoms with Gasteiger partial charge in [-0.15, -0.1) is 0 Å². The van der Waals surface area contributed by atoms with Crippen LogP contribution in [0.5, 0.6) is 17.2 Å². The first kappa shape index (κ1) is 21.3. The van der Waals surface area contributed by atoms with E-state index >= 15 is 0 Å². The third kappa shape index (κ3) is 3.46. The van der Waals surface area contributed by atoms with Crippen LogP contribution in [0.25, 0.3) is 0 Å².